The number of hydrogen-bond donors (Lipinski definition) is 3. The summed E-state index contributed by atoms with van der Waals surface area (Å²) in [5.41, 5.74) is 4.60. The number of amides is 2. The summed E-state index contributed by atoms with van der Waals surface area (Å²) in [4.78, 5) is 43.9. The van der Waals surface area contributed by atoms with E-state index in [0.29, 0.717) is 33.9 Å². The predicted molar refractivity (Wildman–Crippen MR) is 148 cm³/mol. The van der Waals surface area contributed by atoms with E-state index in [1.165, 1.54) is 0 Å². The van der Waals surface area contributed by atoms with E-state index >= 15 is 0 Å². The number of imidazole rings is 1. The van der Waals surface area contributed by atoms with Gasteiger partial charge in [-0.05, 0) is 49.6 Å². The van der Waals surface area contributed by atoms with Gasteiger partial charge in [0.15, 0.2) is 11.5 Å². The third kappa shape index (κ3) is 5.10. The molecule has 2 amide bonds. The minimum absolute atomic E-state index is 0.00736. The van der Waals surface area contributed by atoms with Crippen molar-refractivity contribution in [3.8, 4) is 11.5 Å². The first-order valence-electron chi connectivity index (χ1n) is 12.7. The summed E-state index contributed by atoms with van der Waals surface area (Å²) in [5, 5.41) is 11.1. The van der Waals surface area contributed by atoms with Crippen molar-refractivity contribution in [2.45, 2.75) is 33.6 Å². The lowest BCUT2D eigenvalue weighted by Gasteiger charge is -2.15. The van der Waals surface area contributed by atoms with Crippen LogP contribution in [0.25, 0.3) is 39.7 Å². The fraction of sp³-hybridized carbons (Fsp3) is 0.286. The number of fused-ring (bicyclic) bond motifs is 2. The van der Waals surface area contributed by atoms with E-state index in [9.17, 15) is 9.59 Å². The van der Waals surface area contributed by atoms with Crippen molar-refractivity contribution in [1.82, 2.24) is 35.4 Å². The number of rotatable bonds is 7. The Labute approximate surface area is 220 Å². The molecule has 1 aliphatic heterocycles. The fourth-order valence-corrected chi connectivity index (χ4v) is 4.34. The van der Waals surface area contributed by atoms with Gasteiger partial charge >= 0.3 is 0 Å². The summed E-state index contributed by atoms with van der Waals surface area (Å²) in [6.45, 7) is 7.04. The van der Waals surface area contributed by atoms with Crippen LogP contribution >= 0.6 is 0 Å². The first kappa shape index (κ1) is 25.1. The summed E-state index contributed by atoms with van der Waals surface area (Å²) in [6.07, 6.45) is 10.7. The van der Waals surface area contributed by atoms with Gasteiger partial charge in [0.05, 0.1) is 22.2 Å². The number of carbonyl (C=O) groups is 2. The van der Waals surface area contributed by atoms with Crippen LogP contribution in [0.3, 0.4) is 0 Å². The molecule has 5 rings (SSSR count). The van der Waals surface area contributed by atoms with Crippen LogP contribution in [0.5, 0.6) is 0 Å². The standard InChI is InChI=1S/C28H30N8O2/c1-4-29-16-19(31-27(37)17(2)3)11-10-18-14-21-24(34-35-25(21)30-15-18)26-32-22-9-7-8-20(23(22)33-26)28(38)36-12-5-6-13-36/h4,7-11,14-17H,5-6,12-13H2,1-3H3,(H,31,37)(H,32,33)(H,30,34,35)/b11-10+,19-16+,29-4-. The summed E-state index contributed by atoms with van der Waals surface area (Å²) >= 11 is 0. The number of pyridine rings is 1. The number of likely N-dealkylation sites (tertiary alicyclic amines) is 1. The zero-order valence-corrected chi connectivity index (χ0v) is 21.7. The molecule has 1 aliphatic rings. The molecule has 1 aromatic carbocycles. The lowest BCUT2D eigenvalue weighted by molar-refractivity contribution is -0.123. The molecule has 194 valence electrons. The number of nitrogens with zero attached hydrogens (tertiary/aromatic N) is 5. The summed E-state index contributed by atoms with van der Waals surface area (Å²) in [7, 11) is 0. The quantitative estimate of drug-likeness (QED) is 0.250. The van der Waals surface area contributed by atoms with E-state index in [2.05, 4.69) is 30.5 Å². The highest BCUT2D eigenvalue weighted by Crippen LogP contribution is 2.28. The number of aromatic nitrogens is 5. The van der Waals surface area contributed by atoms with Crippen molar-refractivity contribution in [1.29, 1.82) is 0 Å². The van der Waals surface area contributed by atoms with Crippen LogP contribution in [0, 0.1) is 5.92 Å². The molecule has 4 heterocycles. The second kappa shape index (κ2) is 10.8. The van der Waals surface area contributed by atoms with Gasteiger partial charge in [-0.2, -0.15) is 5.10 Å². The van der Waals surface area contributed by atoms with Crippen LogP contribution in [0.1, 0.15) is 49.5 Å². The monoisotopic (exact) mass is 510 g/mol. The van der Waals surface area contributed by atoms with Crippen LogP contribution in [0.2, 0.25) is 0 Å². The molecule has 0 atom stereocenters. The molecular formula is C28H30N8O2. The Morgan fingerprint density at radius 1 is 1.21 bits per heavy atom. The van der Waals surface area contributed by atoms with Gasteiger partial charge in [0, 0.05) is 37.6 Å². The number of allylic oxidation sites excluding steroid dienone is 1. The zero-order chi connectivity index (χ0) is 26.6. The first-order chi connectivity index (χ1) is 18.4. The molecule has 0 spiro atoms. The summed E-state index contributed by atoms with van der Waals surface area (Å²) in [6, 6.07) is 7.55. The number of aliphatic imine (C=N–C) groups is 1. The van der Waals surface area contributed by atoms with E-state index in [-0.39, 0.29) is 17.7 Å². The van der Waals surface area contributed by atoms with Gasteiger partial charge in [0.2, 0.25) is 5.91 Å². The molecule has 0 bridgehead atoms. The Bertz CT molecular complexity index is 1580. The van der Waals surface area contributed by atoms with Gasteiger partial charge in [0.25, 0.3) is 5.91 Å². The van der Waals surface area contributed by atoms with Crippen LogP contribution in [-0.2, 0) is 4.79 Å². The maximum Gasteiger partial charge on any atom is 0.256 e. The van der Waals surface area contributed by atoms with Crippen LogP contribution in [0.15, 0.2) is 53.4 Å². The molecule has 4 aromatic rings. The molecule has 0 saturated carbocycles. The second-order valence-corrected chi connectivity index (χ2v) is 9.49. The summed E-state index contributed by atoms with van der Waals surface area (Å²) < 4.78 is 0. The van der Waals surface area contributed by atoms with Gasteiger partial charge in [-0.25, -0.2) is 9.97 Å². The van der Waals surface area contributed by atoms with Crippen molar-refractivity contribution >= 4 is 46.2 Å². The molecule has 10 nitrogen and oxygen atoms in total. The number of carbonyl (C=O) groups excluding carboxylic acids is 2. The maximum atomic E-state index is 13.1. The van der Waals surface area contributed by atoms with Crippen LogP contribution in [-0.4, -0.2) is 61.2 Å². The molecular weight excluding hydrogens is 480 g/mol. The third-order valence-electron chi connectivity index (χ3n) is 6.41. The number of para-hydroxylation sites is 1. The van der Waals surface area contributed by atoms with Crippen LogP contribution in [0.4, 0.5) is 0 Å². The van der Waals surface area contributed by atoms with Gasteiger partial charge in [-0.3, -0.25) is 19.7 Å². The lowest BCUT2D eigenvalue weighted by Crippen LogP contribution is -2.27. The number of nitrogens with one attached hydrogen (secondary N) is 3. The molecule has 1 fully saturated rings. The zero-order valence-electron chi connectivity index (χ0n) is 21.7. The number of benzene rings is 1. The predicted octanol–water partition coefficient (Wildman–Crippen LogP) is 4.45. The smallest absolute Gasteiger partial charge is 0.256 e. The number of H-pyrrole nitrogens is 2. The molecule has 0 aliphatic carbocycles. The number of aromatic amines is 2. The SMILES string of the molecule is C\C=N/C=C(\C=C\c1cnc2[nH]nc(-c3nc4c(C(=O)N5CCCC5)cccc4[nH]3)c2c1)NC(=O)C(C)C. The van der Waals surface area contributed by atoms with Crippen molar-refractivity contribution in [2.24, 2.45) is 10.9 Å². The van der Waals surface area contributed by atoms with E-state index < -0.39 is 0 Å². The molecule has 0 radical (unpaired) electrons. The maximum absolute atomic E-state index is 13.1. The highest BCUT2D eigenvalue weighted by atomic mass is 16.2. The topological polar surface area (TPSA) is 132 Å². The van der Waals surface area contributed by atoms with E-state index in [1.54, 1.807) is 24.7 Å². The second-order valence-electron chi connectivity index (χ2n) is 9.49. The third-order valence-corrected chi connectivity index (χ3v) is 6.41. The highest BCUT2D eigenvalue weighted by molar-refractivity contribution is 6.06. The van der Waals surface area contributed by atoms with Gasteiger partial charge in [-0.1, -0.05) is 26.0 Å². The fourth-order valence-electron chi connectivity index (χ4n) is 4.34. The minimum Gasteiger partial charge on any atom is -0.339 e. The highest BCUT2D eigenvalue weighted by Gasteiger charge is 2.23. The lowest BCUT2D eigenvalue weighted by atomic mass is 10.1. The molecule has 10 heteroatoms. The van der Waals surface area contributed by atoms with Crippen molar-refractivity contribution in [2.75, 3.05) is 13.1 Å². The Balaban J connectivity index is 1.47. The van der Waals surface area contributed by atoms with Crippen molar-refractivity contribution in [3.05, 3.63) is 59.6 Å². The first-order valence-corrected chi connectivity index (χ1v) is 12.7. The largest absolute Gasteiger partial charge is 0.339 e. The van der Waals surface area contributed by atoms with Gasteiger partial charge < -0.3 is 15.2 Å². The molecule has 3 aromatic heterocycles. The Morgan fingerprint density at radius 3 is 2.79 bits per heavy atom. The molecule has 0 unspecified atom stereocenters. The average molecular weight is 511 g/mol. The molecule has 1 saturated heterocycles. The Kier molecular flexibility index (Phi) is 7.12. The van der Waals surface area contributed by atoms with E-state index in [1.807, 2.05) is 56.0 Å². The van der Waals surface area contributed by atoms with Crippen molar-refractivity contribution < 1.29 is 9.59 Å². The van der Waals surface area contributed by atoms with Gasteiger partial charge in [-0.15, -0.1) is 0 Å². The Hall–Kier alpha value is -4.60. The normalized spacial score (nSPS) is 14.6. The average Bonchev–Trinajstić information content (AvgIpc) is 3.68. The minimum atomic E-state index is -0.154. The van der Waals surface area contributed by atoms with E-state index in [4.69, 9.17) is 4.98 Å². The van der Waals surface area contributed by atoms with E-state index in [0.717, 1.165) is 42.4 Å². The number of hydrogen-bond acceptors (Lipinski definition) is 6. The molecule has 38 heavy (non-hydrogen) atoms. The summed E-state index contributed by atoms with van der Waals surface area (Å²) in [5.74, 6) is 0.315. The van der Waals surface area contributed by atoms with Gasteiger partial charge in [0.1, 0.15) is 11.2 Å². The Morgan fingerprint density at radius 2 is 2.03 bits per heavy atom. The molecule has 3 N–H and O–H groups in total. The van der Waals surface area contributed by atoms with Crippen molar-refractivity contribution in [3.63, 3.8) is 0 Å². The van der Waals surface area contributed by atoms with Crippen LogP contribution < -0.4 is 5.32 Å².